The van der Waals surface area contributed by atoms with Crippen LogP contribution in [0, 0.1) is 0 Å². The van der Waals surface area contributed by atoms with Gasteiger partial charge in [-0.15, -0.1) is 0 Å². The Morgan fingerprint density at radius 1 is 1.22 bits per heavy atom. The lowest BCUT2D eigenvalue weighted by Crippen LogP contribution is -2.16. The van der Waals surface area contributed by atoms with E-state index in [0.29, 0.717) is 0 Å². The molecule has 0 aromatic carbocycles. The minimum atomic E-state index is 0.161. The van der Waals surface area contributed by atoms with Crippen molar-refractivity contribution in [1.82, 2.24) is 9.97 Å². The van der Waals surface area contributed by atoms with E-state index >= 15 is 0 Å². The van der Waals surface area contributed by atoms with E-state index < -0.39 is 0 Å². The highest BCUT2D eigenvalue weighted by Crippen LogP contribution is 2.40. The summed E-state index contributed by atoms with van der Waals surface area (Å²) in [6.07, 6.45) is 7.46. The number of nitrogens with zero attached hydrogens (tertiary/aromatic N) is 2. The van der Waals surface area contributed by atoms with Crippen molar-refractivity contribution in [3.63, 3.8) is 0 Å². The number of aromatic nitrogens is 2. The molecule has 1 aliphatic heterocycles. The van der Waals surface area contributed by atoms with Crippen molar-refractivity contribution in [3.8, 4) is 11.3 Å². The summed E-state index contributed by atoms with van der Waals surface area (Å²) in [4.78, 5) is 19.0. The molecule has 2 heterocycles. The third-order valence-corrected chi connectivity index (χ3v) is 2.86. The molecule has 3 rings (SSSR count). The molecule has 3 heteroatoms. The number of fused-ring (bicyclic) bond motifs is 1. The Morgan fingerprint density at radius 3 is 2.28 bits per heavy atom. The normalized spacial score (nSPS) is 10.3. The molecular formula is C15H16N2O. The van der Waals surface area contributed by atoms with E-state index in [9.17, 15) is 4.79 Å². The van der Waals surface area contributed by atoms with Crippen molar-refractivity contribution in [2.75, 3.05) is 0 Å². The Kier molecular flexibility index (Phi) is 3.82. The molecule has 0 bridgehead atoms. The van der Waals surface area contributed by atoms with Crippen molar-refractivity contribution < 1.29 is 4.79 Å². The molecule has 18 heavy (non-hydrogen) atoms. The van der Waals surface area contributed by atoms with Crippen LogP contribution in [0.15, 0.2) is 36.8 Å². The first-order valence-corrected chi connectivity index (χ1v) is 6.13. The summed E-state index contributed by atoms with van der Waals surface area (Å²) in [5.41, 5.74) is 4.29. The van der Waals surface area contributed by atoms with Gasteiger partial charge in [0.1, 0.15) is 0 Å². The van der Waals surface area contributed by atoms with E-state index in [1.54, 1.807) is 19.3 Å². The Bertz CT molecular complexity index is 523. The van der Waals surface area contributed by atoms with Gasteiger partial charge in [-0.1, -0.05) is 19.4 Å². The van der Waals surface area contributed by atoms with Gasteiger partial charge >= 0.3 is 0 Å². The van der Waals surface area contributed by atoms with Crippen molar-refractivity contribution in [1.29, 1.82) is 0 Å². The van der Waals surface area contributed by atoms with Crippen LogP contribution < -0.4 is 0 Å². The lowest BCUT2D eigenvalue weighted by molar-refractivity contribution is 0.101. The van der Waals surface area contributed by atoms with Gasteiger partial charge in [-0.2, -0.15) is 0 Å². The average molecular weight is 240 g/mol. The minimum Gasteiger partial charge on any atom is -0.294 e. The van der Waals surface area contributed by atoms with Crippen LogP contribution in [0.3, 0.4) is 0 Å². The molecule has 1 aromatic rings. The van der Waals surface area contributed by atoms with Gasteiger partial charge in [0, 0.05) is 29.7 Å². The summed E-state index contributed by atoms with van der Waals surface area (Å²) in [6, 6.07) is 5.72. The molecule has 1 aliphatic carbocycles. The number of carbonyl (C=O) groups excluding carboxylic acids is 1. The molecule has 0 spiro atoms. The Balaban J connectivity index is 0.000000169. The zero-order chi connectivity index (χ0) is 13.0. The molecule has 0 saturated carbocycles. The van der Waals surface area contributed by atoms with Crippen molar-refractivity contribution in [2.45, 2.75) is 26.7 Å². The standard InChI is InChI=1S/C10H11NO.C5H5N/c1-3-4-7-8-5-11-10(8)9(7)6(2)12;1-2-4-6-5-3-1/h5H,3-4H2,1-2H3;1-5H. The molecule has 0 saturated heterocycles. The second-order valence-corrected chi connectivity index (χ2v) is 4.20. The third-order valence-electron chi connectivity index (χ3n) is 2.86. The molecule has 2 aliphatic rings. The summed E-state index contributed by atoms with van der Waals surface area (Å²) in [5.74, 6) is 0.161. The maximum Gasteiger partial charge on any atom is 0.162 e. The first-order valence-electron chi connectivity index (χ1n) is 6.13. The Hall–Kier alpha value is -2.03. The smallest absolute Gasteiger partial charge is 0.162 e. The number of pyridine rings is 2. The lowest BCUT2D eigenvalue weighted by atomic mass is 9.82. The SMILES string of the molecule is CCCc1c2cnc-2c1C(C)=O.c1ccncc1. The highest BCUT2D eigenvalue weighted by molar-refractivity contribution is 6.08. The van der Waals surface area contributed by atoms with E-state index in [1.807, 2.05) is 24.4 Å². The van der Waals surface area contributed by atoms with Crippen LogP contribution >= 0.6 is 0 Å². The predicted octanol–water partition coefficient (Wildman–Crippen LogP) is 3.30. The zero-order valence-corrected chi connectivity index (χ0v) is 10.7. The van der Waals surface area contributed by atoms with Gasteiger partial charge in [0.2, 0.25) is 0 Å². The fourth-order valence-electron chi connectivity index (χ4n) is 2.03. The van der Waals surface area contributed by atoms with E-state index in [0.717, 1.165) is 24.1 Å². The first kappa shape index (κ1) is 12.4. The molecule has 3 nitrogen and oxygen atoms in total. The molecule has 0 atom stereocenters. The van der Waals surface area contributed by atoms with Crippen molar-refractivity contribution in [2.24, 2.45) is 0 Å². The Labute approximate surface area is 107 Å². The molecule has 0 amide bonds. The summed E-state index contributed by atoms with van der Waals surface area (Å²) in [5, 5.41) is 0. The number of ketones is 1. The third kappa shape index (κ3) is 2.30. The first-order chi connectivity index (χ1) is 8.75. The van der Waals surface area contributed by atoms with E-state index in [4.69, 9.17) is 0 Å². The van der Waals surface area contributed by atoms with Crippen LogP contribution in [0.25, 0.3) is 11.3 Å². The van der Waals surface area contributed by atoms with Gasteiger partial charge in [0.05, 0.1) is 5.69 Å². The largest absolute Gasteiger partial charge is 0.294 e. The molecule has 0 fully saturated rings. The highest BCUT2D eigenvalue weighted by Gasteiger charge is 2.29. The van der Waals surface area contributed by atoms with E-state index in [-0.39, 0.29) is 5.78 Å². The van der Waals surface area contributed by atoms with Crippen LogP contribution in [0.1, 0.15) is 36.2 Å². The van der Waals surface area contributed by atoms with Gasteiger partial charge < -0.3 is 0 Å². The van der Waals surface area contributed by atoms with Gasteiger partial charge in [-0.25, -0.2) is 0 Å². The molecule has 0 radical (unpaired) electrons. The summed E-state index contributed by atoms with van der Waals surface area (Å²) < 4.78 is 0. The Morgan fingerprint density at radius 2 is 1.94 bits per heavy atom. The van der Waals surface area contributed by atoms with Gasteiger partial charge in [-0.05, 0) is 31.0 Å². The highest BCUT2D eigenvalue weighted by atomic mass is 16.1. The number of Topliss-reactive ketones (excluding diaryl/α,β-unsaturated/α-hetero) is 1. The maximum atomic E-state index is 11.1. The fraction of sp³-hybridized carbons (Fsp3) is 0.267. The number of rotatable bonds is 3. The molecule has 92 valence electrons. The van der Waals surface area contributed by atoms with Gasteiger partial charge in [0.25, 0.3) is 0 Å². The van der Waals surface area contributed by atoms with Crippen molar-refractivity contribution in [3.05, 3.63) is 47.9 Å². The molecule has 1 aromatic heterocycles. The topological polar surface area (TPSA) is 42.9 Å². The van der Waals surface area contributed by atoms with Crippen LogP contribution in [0.4, 0.5) is 0 Å². The summed E-state index contributed by atoms with van der Waals surface area (Å²) in [7, 11) is 0. The van der Waals surface area contributed by atoms with Crippen LogP contribution in [-0.2, 0) is 6.42 Å². The van der Waals surface area contributed by atoms with Gasteiger partial charge in [-0.3, -0.25) is 14.8 Å². The number of hydrogen-bond donors (Lipinski definition) is 0. The van der Waals surface area contributed by atoms with Gasteiger partial charge in [0.15, 0.2) is 5.78 Å². The molecule has 0 unspecified atom stereocenters. The van der Waals surface area contributed by atoms with Crippen molar-refractivity contribution >= 4 is 5.78 Å². The quantitative estimate of drug-likeness (QED) is 0.660. The monoisotopic (exact) mass is 240 g/mol. The maximum absolute atomic E-state index is 11.1. The van der Waals surface area contributed by atoms with Crippen LogP contribution in [0.2, 0.25) is 0 Å². The second-order valence-electron chi connectivity index (χ2n) is 4.20. The number of carbonyl (C=O) groups is 1. The summed E-state index contributed by atoms with van der Waals surface area (Å²) >= 11 is 0. The van der Waals surface area contributed by atoms with Crippen LogP contribution in [0.5, 0.6) is 0 Å². The summed E-state index contributed by atoms with van der Waals surface area (Å²) in [6.45, 7) is 3.74. The van der Waals surface area contributed by atoms with E-state index in [2.05, 4.69) is 16.9 Å². The second kappa shape index (κ2) is 5.54. The zero-order valence-electron chi connectivity index (χ0n) is 10.7. The minimum absolute atomic E-state index is 0.161. The fourth-order valence-corrected chi connectivity index (χ4v) is 2.03. The number of hydrogen-bond acceptors (Lipinski definition) is 3. The average Bonchev–Trinajstić information content (AvgIpc) is 2.36. The molecule has 0 N–H and O–H groups in total. The predicted molar refractivity (Wildman–Crippen MR) is 71.5 cm³/mol. The van der Waals surface area contributed by atoms with E-state index in [1.165, 1.54) is 11.1 Å². The lowest BCUT2D eigenvalue weighted by Gasteiger charge is -2.24. The molecular weight excluding hydrogens is 224 g/mol. The van der Waals surface area contributed by atoms with Crippen LogP contribution in [-0.4, -0.2) is 15.8 Å².